The molecule has 0 aliphatic carbocycles. The maximum atomic E-state index is 13.2. The molecule has 3 aromatic rings. The third-order valence-corrected chi connectivity index (χ3v) is 3.51. The molecule has 3 rings (SSSR count). The molecule has 0 saturated carbocycles. The van der Waals surface area contributed by atoms with Crippen molar-refractivity contribution in [3.63, 3.8) is 0 Å². The Hall–Kier alpha value is -2.30. The zero-order valence-electron chi connectivity index (χ0n) is 11.3. The second kappa shape index (κ2) is 4.91. The van der Waals surface area contributed by atoms with E-state index < -0.39 is 11.7 Å². The lowest BCUT2D eigenvalue weighted by atomic mass is 9.99. The molecule has 0 spiro atoms. The number of benzene rings is 1. The number of halogens is 3. The van der Waals surface area contributed by atoms with Crippen molar-refractivity contribution in [3.8, 4) is 11.3 Å². The minimum absolute atomic E-state index is 0.179. The number of aromatic nitrogens is 2. The van der Waals surface area contributed by atoms with E-state index in [9.17, 15) is 13.2 Å². The quantitative estimate of drug-likeness (QED) is 0.720. The highest BCUT2D eigenvalue weighted by Gasteiger charge is 2.34. The number of rotatable bonds is 2. The normalized spacial score (nSPS) is 12.0. The predicted molar refractivity (Wildman–Crippen MR) is 75.9 cm³/mol. The lowest BCUT2D eigenvalue weighted by molar-refractivity contribution is -0.137. The summed E-state index contributed by atoms with van der Waals surface area (Å²) in [6.07, 6.45) is -0.452. The van der Waals surface area contributed by atoms with Crippen LogP contribution >= 0.6 is 0 Å². The van der Waals surface area contributed by atoms with Gasteiger partial charge in [0.25, 0.3) is 0 Å². The Kier molecular flexibility index (Phi) is 3.20. The molecule has 21 heavy (non-hydrogen) atoms. The van der Waals surface area contributed by atoms with Gasteiger partial charge in [-0.1, -0.05) is 13.0 Å². The lowest BCUT2D eigenvalue weighted by Crippen LogP contribution is -2.07. The first-order valence-electron chi connectivity index (χ1n) is 6.62. The summed E-state index contributed by atoms with van der Waals surface area (Å²) in [5, 5.41) is 0.794. The maximum absolute atomic E-state index is 13.2. The highest BCUT2D eigenvalue weighted by atomic mass is 19.4. The van der Waals surface area contributed by atoms with Gasteiger partial charge in [0.15, 0.2) is 0 Å². The fraction of sp³-hybridized carbons (Fsp3) is 0.188. The summed E-state index contributed by atoms with van der Waals surface area (Å²) in [6, 6.07) is 7.72. The Bertz CT molecular complexity index is 755. The molecule has 0 aliphatic rings. The Morgan fingerprint density at radius 3 is 2.62 bits per heavy atom. The minimum Gasteiger partial charge on any atom is -0.354 e. The van der Waals surface area contributed by atoms with Crippen LogP contribution in [0.15, 0.2) is 42.7 Å². The predicted octanol–water partition coefficient (Wildman–Crippen LogP) is 4.81. The van der Waals surface area contributed by atoms with Crippen molar-refractivity contribution in [3.05, 3.63) is 53.9 Å². The van der Waals surface area contributed by atoms with Crippen molar-refractivity contribution < 1.29 is 13.2 Å². The molecule has 0 unspecified atom stereocenters. The number of hydrogen-bond donors (Lipinski definition) is 1. The van der Waals surface area contributed by atoms with Gasteiger partial charge >= 0.3 is 6.18 Å². The molecule has 0 bridgehead atoms. The number of nitrogens with one attached hydrogen (secondary N) is 1. The average Bonchev–Trinajstić information content (AvgIpc) is 2.89. The molecule has 0 atom stereocenters. The summed E-state index contributed by atoms with van der Waals surface area (Å²) < 4.78 is 39.6. The van der Waals surface area contributed by atoms with Crippen molar-refractivity contribution in [2.75, 3.05) is 0 Å². The molecule has 1 N–H and O–H groups in total. The number of fused-ring (bicyclic) bond motifs is 1. The first kappa shape index (κ1) is 13.7. The van der Waals surface area contributed by atoms with Crippen molar-refractivity contribution in [1.82, 2.24) is 9.97 Å². The van der Waals surface area contributed by atoms with Crippen LogP contribution in [0.5, 0.6) is 0 Å². The van der Waals surface area contributed by atoms with E-state index in [0.717, 1.165) is 22.5 Å². The molecule has 2 heterocycles. The third-order valence-electron chi connectivity index (χ3n) is 3.51. The van der Waals surface area contributed by atoms with Gasteiger partial charge in [-0.3, -0.25) is 4.98 Å². The van der Waals surface area contributed by atoms with Gasteiger partial charge in [-0.25, -0.2) is 0 Å². The summed E-state index contributed by atoms with van der Waals surface area (Å²) in [6.45, 7) is 1.92. The van der Waals surface area contributed by atoms with Crippen LogP contribution in [0.1, 0.15) is 18.1 Å². The summed E-state index contributed by atoms with van der Waals surface area (Å²) in [4.78, 5) is 7.02. The van der Waals surface area contributed by atoms with Crippen LogP contribution in [-0.4, -0.2) is 9.97 Å². The molecule has 0 aliphatic heterocycles. The highest BCUT2D eigenvalue weighted by molar-refractivity contribution is 5.85. The molecule has 108 valence electrons. The van der Waals surface area contributed by atoms with Crippen molar-refractivity contribution in [2.24, 2.45) is 0 Å². The maximum Gasteiger partial charge on any atom is 0.417 e. The van der Waals surface area contributed by atoms with Crippen LogP contribution in [0.2, 0.25) is 0 Å². The van der Waals surface area contributed by atoms with Crippen molar-refractivity contribution in [2.45, 2.75) is 19.5 Å². The molecule has 0 amide bonds. The van der Waals surface area contributed by atoms with Gasteiger partial charge < -0.3 is 4.98 Å². The van der Waals surface area contributed by atoms with Gasteiger partial charge in [0, 0.05) is 34.6 Å². The minimum atomic E-state index is -4.38. The van der Waals surface area contributed by atoms with E-state index in [2.05, 4.69) is 9.97 Å². The van der Waals surface area contributed by atoms with E-state index in [-0.39, 0.29) is 5.56 Å². The van der Waals surface area contributed by atoms with Gasteiger partial charge in [-0.2, -0.15) is 13.2 Å². The topological polar surface area (TPSA) is 28.7 Å². The summed E-state index contributed by atoms with van der Waals surface area (Å²) in [7, 11) is 0. The first-order chi connectivity index (χ1) is 9.99. The van der Waals surface area contributed by atoms with Crippen LogP contribution in [-0.2, 0) is 12.6 Å². The van der Waals surface area contributed by atoms with Gasteiger partial charge in [0.05, 0.1) is 5.56 Å². The van der Waals surface area contributed by atoms with Gasteiger partial charge in [0.2, 0.25) is 0 Å². The van der Waals surface area contributed by atoms with E-state index in [1.54, 1.807) is 30.6 Å². The Labute approximate surface area is 119 Å². The summed E-state index contributed by atoms with van der Waals surface area (Å²) in [5.74, 6) is 0. The number of nitrogens with zero attached hydrogens (tertiary/aromatic N) is 1. The standard InChI is InChI=1S/C16H13F3N2/c1-2-10-3-4-13(16(17,18)19)12(7-10)15-8-11-9-20-6-5-14(11)21-15/h3-9,21H,2H2,1H3. The first-order valence-corrected chi connectivity index (χ1v) is 6.62. The molecule has 1 aromatic carbocycles. The second-order valence-corrected chi connectivity index (χ2v) is 4.88. The molecule has 0 radical (unpaired) electrons. The fourth-order valence-corrected chi connectivity index (χ4v) is 2.40. The van der Waals surface area contributed by atoms with Crippen LogP contribution < -0.4 is 0 Å². The average molecular weight is 290 g/mol. The molecule has 2 aromatic heterocycles. The lowest BCUT2D eigenvalue weighted by Gasteiger charge is -2.13. The largest absolute Gasteiger partial charge is 0.417 e. The number of pyridine rings is 1. The van der Waals surface area contributed by atoms with Crippen molar-refractivity contribution in [1.29, 1.82) is 0 Å². The van der Waals surface area contributed by atoms with E-state index in [1.807, 2.05) is 6.92 Å². The number of H-pyrrole nitrogens is 1. The molecular weight excluding hydrogens is 277 g/mol. The Morgan fingerprint density at radius 2 is 1.95 bits per heavy atom. The second-order valence-electron chi connectivity index (χ2n) is 4.88. The molecular formula is C16H13F3N2. The van der Waals surface area contributed by atoms with Gasteiger partial charge in [-0.05, 0) is 36.2 Å². The van der Waals surface area contributed by atoms with Gasteiger partial charge in [0.1, 0.15) is 0 Å². The van der Waals surface area contributed by atoms with Gasteiger partial charge in [-0.15, -0.1) is 0 Å². The van der Waals surface area contributed by atoms with E-state index in [4.69, 9.17) is 0 Å². The third kappa shape index (κ3) is 2.51. The number of alkyl halides is 3. The van der Waals surface area contributed by atoms with E-state index in [0.29, 0.717) is 12.1 Å². The van der Waals surface area contributed by atoms with E-state index in [1.165, 1.54) is 6.07 Å². The zero-order valence-corrected chi connectivity index (χ0v) is 11.3. The van der Waals surface area contributed by atoms with Crippen LogP contribution in [0.4, 0.5) is 13.2 Å². The molecule has 2 nitrogen and oxygen atoms in total. The van der Waals surface area contributed by atoms with Crippen LogP contribution in [0, 0.1) is 0 Å². The SMILES string of the molecule is CCc1ccc(C(F)(F)F)c(-c2cc3cnccc3[nH]2)c1. The smallest absolute Gasteiger partial charge is 0.354 e. The van der Waals surface area contributed by atoms with Crippen LogP contribution in [0.3, 0.4) is 0 Å². The fourth-order valence-electron chi connectivity index (χ4n) is 2.40. The summed E-state index contributed by atoms with van der Waals surface area (Å²) >= 11 is 0. The summed E-state index contributed by atoms with van der Waals surface area (Å²) in [5.41, 5.74) is 1.66. The Balaban J connectivity index is 2.23. The Morgan fingerprint density at radius 1 is 1.14 bits per heavy atom. The van der Waals surface area contributed by atoms with Crippen LogP contribution in [0.25, 0.3) is 22.2 Å². The molecule has 0 saturated heterocycles. The molecule has 5 heteroatoms. The van der Waals surface area contributed by atoms with Crippen molar-refractivity contribution >= 4 is 10.9 Å². The monoisotopic (exact) mass is 290 g/mol. The number of aromatic amines is 1. The number of hydrogen-bond acceptors (Lipinski definition) is 1. The number of aryl methyl sites for hydroxylation is 1. The highest BCUT2D eigenvalue weighted by Crippen LogP contribution is 2.38. The zero-order chi connectivity index (χ0) is 15.0. The van der Waals surface area contributed by atoms with E-state index >= 15 is 0 Å². The molecule has 0 fully saturated rings.